The molecule has 0 aliphatic carbocycles. The molecule has 1 aliphatic rings. The zero-order chi connectivity index (χ0) is 16.1. The van der Waals surface area contributed by atoms with Crippen molar-refractivity contribution in [1.29, 1.82) is 0 Å². The average Bonchev–Trinajstić information content (AvgIpc) is 2.58. The molecule has 3 rings (SSSR count). The van der Waals surface area contributed by atoms with Crippen LogP contribution in [0, 0.1) is 0 Å². The van der Waals surface area contributed by atoms with Gasteiger partial charge in [0.25, 0.3) is 0 Å². The summed E-state index contributed by atoms with van der Waals surface area (Å²) in [6.07, 6.45) is 8.03. The minimum atomic E-state index is -0.217. The first-order chi connectivity index (χ1) is 11.2. The fourth-order valence-electron chi connectivity index (χ4n) is 2.90. The van der Waals surface area contributed by atoms with Gasteiger partial charge in [0.2, 0.25) is 5.91 Å². The van der Waals surface area contributed by atoms with Gasteiger partial charge in [-0.1, -0.05) is 12.5 Å². The van der Waals surface area contributed by atoms with Crippen LogP contribution < -0.4 is 5.32 Å². The third-order valence-electron chi connectivity index (χ3n) is 4.05. The van der Waals surface area contributed by atoms with Crippen LogP contribution in [-0.2, 0) is 11.3 Å². The third-order valence-corrected chi connectivity index (χ3v) is 4.05. The van der Waals surface area contributed by atoms with E-state index in [9.17, 15) is 9.90 Å². The van der Waals surface area contributed by atoms with E-state index < -0.39 is 0 Å². The van der Waals surface area contributed by atoms with Crippen LogP contribution in [0.25, 0.3) is 0 Å². The summed E-state index contributed by atoms with van der Waals surface area (Å²) < 4.78 is 0. The largest absolute Gasteiger partial charge is 0.504 e. The van der Waals surface area contributed by atoms with Gasteiger partial charge in [-0.2, -0.15) is 0 Å². The number of rotatable bonds is 4. The molecule has 1 amide bonds. The highest BCUT2D eigenvalue weighted by Gasteiger charge is 2.29. The van der Waals surface area contributed by atoms with Crippen LogP contribution >= 0.6 is 0 Å². The number of aromatic nitrogens is 2. The summed E-state index contributed by atoms with van der Waals surface area (Å²) in [5, 5.41) is 12.5. The van der Waals surface area contributed by atoms with Gasteiger partial charge < -0.3 is 10.4 Å². The van der Waals surface area contributed by atoms with E-state index in [4.69, 9.17) is 0 Å². The Morgan fingerprint density at radius 2 is 2.17 bits per heavy atom. The highest BCUT2D eigenvalue weighted by molar-refractivity contribution is 5.95. The summed E-state index contributed by atoms with van der Waals surface area (Å²) in [5.74, 6) is 0.0717. The highest BCUT2D eigenvalue weighted by atomic mass is 16.3. The number of carbonyl (C=O) groups excluding carboxylic acids is 1. The van der Waals surface area contributed by atoms with E-state index in [2.05, 4.69) is 20.2 Å². The lowest BCUT2D eigenvalue weighted by molar-refractivity contribution is -0.122. The van der Waals surface area contributed by atoms with Crippen molar-refractivity contribution in [2.45, 2.75) is 31.8 Å². The van der Waals surface area contributed by atoms with Crippen LogP contribution in [0.15, 0.2) is 42.9 Å². The van der Waals surface area contributed by atoms with Crippen molar-refractivity contribution in [2.24, 2.45) is 0 Å². The van der Waals surface area contributed by atoms with E-state index in [-0.39, 0.29) is 23.5 Å². The van der Waals surface area contributed by atoms with Gasteiger partial charge in [-0.3, -0.25) is 14.7 Å². The van der Waals surface area contributed by atoms with Crippen molar-refractivity contribution >= 4 is 11.7 Å². The number of piperidine rings is 1. The molecule has 0 spiro atoms. The zero-order valence-electron chi connectivity index (χ0n) is 12.9. The molecule has 1 saturated heterocycles. The Balaban J connectivity index is 1.70. The van der Waals surface area contributed by atoms with Gasteiger partial charge in [-0.05, 0) is 43.1 Å². The van der Waals surface area contributed by atoms with Crippen LogP contribution in [0.4, 0.5) is 5.82 Å². The Hall–Kier alpha value is -2.47. The second-order valence-electron chi connectivity index (χ2n) is 5.70. The molecular weight excluding hydrogens is 292 g/mol. The summed E-state index contributed by atoms with van der Waals surface area (Å²) in [6.45, 7) is 1.57. The van der Waals surface area contributed by atoms with E-state index in [1.54, 1.807) is 18.5 Å². The monoisotopic (exact) mass is 312 g/mol. The van der Waals surface area contributed by atoms with Crippen LogP contribution in [0.3, 0.4) is 0 Å². The molecule has 2 N–H and O–H groups in total. The van der Waals surface area contributed by atoms with Crippen LogP contribution in [0.2, 0.25) is 0 Å². The van der Waals surface area contributed by atoms with Gasteiger partial charge in [0, 0.05) is 25.1 Å². The smallest absolute Gasteiger partial charge is 0.242 e. The molecule has 0 radical (unpaired) electrons. The fraction of sp³-hybridized carbons (Fsp3) is 0.353. The van der Waals surface area contributed by atoms with E-state index in [0.29, 0.717) is 6.54 Å². The molecule has 23 heavy (non-hydrogen) atoms. The number of anilines is 1. The van der Waals surface area contributed by atoms with Gasteiger partial charge in [0.1, 0.15) is 0 Å². The number of amides is 1. The van der Waals surface area contributed by atoms with Gasteiger partial charge in [-0.15, -0.1) is 0 Å². The van der Waals surface area contributed by atoms with Gasteiger partial charge in [0.05, 0.1) is 6.04 Å². The summed E-state index contributed by atoms with van der Waals surface area (Å²) in [6, 6.07) is 6.84. The van der Waals surface area contributed by atoms with Crippen molar-refractivity contribution in [2.75, 3.05) is 11.9 Å². The second-order valence-corrected chi connectivity index (χ2v) is 5.70. The van der Waals surface area contributed by atoms with Crippen molar-refractivity contribution < 1.29 is 9.90 Å². The lowest BCUT2D eigenvalue weighted by Gasteiger charge is -2.34. The molecule has 0 aromatic carbocycles. The fourth-order valence-corrected chi connectivity index (χ4v) is 2.90. The average molecular weight is 312 g/mol. The number of likely N-dealkylation sites (tertiary alicyclic amines) is 1. The molecule has 0 saturated carbocycles. The summed E-state index contributed by atoms with van der Waals surface area (Å²) in [5.41, 5.74) is 1.09. The van der Waals surface area contributed by atoms with Gasteiger partial charge >= 0.3 is 0 Å². The van der Waals surface area contributed by atoms with Crippen molar-refractivity contribution in [3.8, 4) is 5.75 Å². The van der Waals surface area contributed by atoms with E-state index in [1.165, 1.54) is 6.07 Å². The molecule has 1 fully saturated rings. The van der Waals surface area contributed by atoms with E-state index >= 15 is 0 Å². The zero-order valence-corrected chi connectivity index (χ0v) is 12.9. The number of nitrogens with one attached hydrogen (secondary N) is 1. The quantitative estimate of drug-likeness (QED) is 0.904. The molecule has 6 nitrogen and oxygen atoms in total. The lowest BCUT2D eigenvalue weighted by Crippen LogP contribution is -2.46. The normalized spacial score (nSPS) is 18.5. The van der Waals surface area contributed by atoms with Crippen molar-refractivity contribution in [3.05, 3.63) is 48.4 Å². The second kappa shape index (κ2) is 7.19. The van der Waals surface area contributed by atoms with Crippen molar-refractivity contribution in [1.82, 2.24) is 14.9 Å². The number of nitrogens with zero attached hydrogens (tertiary/aromatic N) is 3. The summed E-state index contributed by atoms with van der Waals surface area (Å²) >= 11 is 0. The first-order valence-electron chi connectivity index (χ1n) is 7.82. The Labute approximate surface area is 135 Å². The molecule has 2 aromatic heterocycles. The number of hydrogen-bond donors (Lipinski definition) is 2. The van der Waals surface area contributed by atoms with E-state index in [1.807, 2.05) is 18.3 Å². The first kappa shape index (κ1) is 15.4. The third kappa shape index (κ3) is 3.84. The predicted molar refractivity (Wildman–Crippen MR) is 86.8 cm³/mol. The van der Waals surface area contributed by atoms with Crippen LogP contribution in [0.1, 0.15) is 24.8 Å². The summed E-state index contributed by atoms with van der Waals surface area (Å²) in [7, 11) is 0. The maximum absolute atomic E-state index is 12.6. The Kier molecular flexibility index (Phi) is 4.83. The minimum Gasteiger partial charge on any atom is -0.504 e. The number of carbonyl (C=O) groups is 1. The Morgan fingerprint density at radius 1 is 1.30 bits per heavy atom. The van der Waals surface area contributed by atoms with Crippen molar-refractivity contribution in [3.63, 3.8) is 0 Å². The standard InChI is InChI=1S/C17H20N4O2/c22-15-7-4-9-19-16(15)20-17(23)14-6-1-2-10-21(14)12-13-5-3-8-18-11-13/h3-5,7-9,11,14,22H,1-2,6,10,12H2,(H,19,20,23). The maximum Gasteiger partial charge on any atom is 0.242 e. The molecule has 120 valence electrons. The molecular formula is C17H20N4O2. The highest BCUT2D eigenvalue weighted by Crippen LogP contribution is 2.23. The Bertz CT molecular complexity index is 663. The number of aromatic hydroxyl groups is 1. The van der Waals surface area contributed by atoms with Gasteiger partial charge in [-0.25, -0.2) is 4.98 Å². The van der Waals surface area contributed by atoms with Crippen LogP contribution in [0.5, 0.6) is 5.75 Å². The molecule has 2 aromatic rings. The molecule has 0 bridgehead atoms. The van der Waals surface area contributed by atoms with Gasteiger partial charge in [0.15, 0.2) is 11.6 Å². The number of hydrogen-bond acceptors (Lipinski definition) is 5. The molecule has 1 unspecified atom stereocenters. The van der Waals surface area contributed by atoms with Crippen LogP contribution in [-0.4, -0.2) is 38.5 Å². The topological polar surface area (TPSA) is 78.3 Å². The SMILES string of the molecule is O=C(Nc1ncccc1O)C1CCCCN1Cc1cccnc1. The molecule has 1 atom stereocenters. The first-order valence-corrected chi connectivity index (χ1v) is 7.82. The predicted octanol–water partition coefficient (Wildman–Crippen LogP) is 2.18. The minimum absolute atomic E-state index is 0.0181. The molecule has 3 heterocycles. The number of pyridine rings is 2. The Morgan fingerprint density at radius 3 is 2.96 bits per heavy atom. The summed E-state index contributed by atoms with van der Waals surface area (Å²) in [4.78, 5) is 22.9. The maximum atomic E-state index is 12.6. The van der Waals surface area contributed by atoms with E-state index in [0.717, 1.165) is 31.4 Å². The molecule has 1 aliphatic heterocycles. The molecule has 6 heteroatoms. The lowest BCUT2D eigenvalue weighted by atomic mass is 10.0.